The minimum atomic E-state index is -0.206. The molecule has 0 fully saturated rings. The Morgan fingerprint density at radius 2 is 2.08 bits per heavy atom. The number of nitriles is 1. The molecule has 1 aliphatic rings. The summed E-state index contributed by atoms with van der Waals surface area (Å²) in [7, 11) is 0. The quantitative estimate of drug-likeness (QED) is 0.693. The molecule has 0 saturated heterocycles. The first-order valence-electron chi connectivity index (χ1n) is 8.97. The molecule has 1 atom stereocenters. The van der Waals surface area contributed by atoms with Crippen LogP contribution in [0.1, 0.15) is 60.0 Å². The van der Waals surface area contributed by atoms with E-state index in [1.54, 1.807) is 35.6 Å². The third-order valence-corrected chi connectivity index (χ3v) is 7.15. The van der Waals surface area contributed by atoms with E-state index in [4.69, 9.17) is 11.6 Å². The molecule has 136 valence electrons. The second-order valence-electron chi connectivity index (χ2n) is 7.56. The van der Waals surface area contributed by atoms with Crippen molar-refractivity contribution in [2.45, 2.75) is 46.5 Å². The van der Waals surface area contributed by atoms with Crippen LogP contribution in [0.5, 0.6) is 0 Å². The van der Waals surface area contributed by atoms with Crippen molar-refractivity contribution in [3.8, 4) is 6.07 Å². The maximum absolute atomic E-state index is 12.5. The average Bonchev–Trinajstić information content (AvgIpc) is 2.98. The van der Waals surface area contributed by atoms with Gasteiger partial charge in [0.25, 0.3) is 5.91 Å². The number of fused-ring (bicyclic) bond motifs is 1. The van der Waals surface area contributed by atoms with Crippen LogP contribution in [0.2, 0.25) is 5.02 Å². The zero-order chi connectivity index (χ0) is 18.9. The van der Waals surface area contributed by atoms with Crippen molar-refractivity contribution in [3.05, 3.63) is 50.9 Å². The third-order valence-electron chi connectivity index (χ3n) is 5.73. The van der Waals surface area contributed by atoms with Crippen molar-refractivity contribution in [3.63, 3.8) is 0 Å². The smallest absolute Gasteiger partial charge is 0.256 e. The monoisotopic (exact) mass is 386 g/mol. The van der Waals surface area contributed by atoms with Gasteiger partial charge in [-0.3, -0.25) is 4.79 Å². The second kappa shape index (κ2) is 7.42. The summed E-state index contributed by atoms with van der Waals surface area (Å²) in [4.78, 5) is 13.8. The Balaban J connectivity index is 1.85. The molecule has 0 radical (unpaired) electrons. The van der Waals surface area contributed by atoms with E-state index in [0.29, 0.717) is 32.5 Å². The minimum absolute atomic E-state index is 0.206. The van der Waals surface area contributed by atoms with E-state index in [2.05, 4.69) is 32.2 Å². The molecule has 0 spiro atoms. The summed E-state index contributed by atoms with van der Waals surface area (Å²) in [5.41, 5.74) is 2.60. The Hall–Kier alpha value is -1.83. The van der Waals surface area contributed by atoms with Crippen molar-refractivity contribution in [1.82, 2.24) is 0 Å². The molecule has 1 heterocycles. The Morgan fingerprint density at radius 3 is 2.69 bits per heavy atom. The molecule has 1 N–H and O–H groups in total. The molecule has 1 amide bonds. The van der Waals surface area contributed by atoms with E-state index >= 15 is 0 Å². The highest BCUT2D eigenvalue weighted by Crippen LogP contribution is 2.45. The fraction of sp³-hybridized carbons (Fsp3) is 0.429. The van der Waals surface area contributed by atoms with Crippen LogP contribution in [0.15, 0.2) is 24.3 Å². The lowest BCUT2D eigenvalue weighted by atomic mass is 9.69. The molecule has 0 bridgehead atoms. The molecule has 2 aromatic rings. The van der Waals surface area contributed by atoms with Gasteiger partial charge >= 0.3 is 0 Å². The van der Waals surface area contributed by atoms with Crippen molar-refractivity contribution in [2.24, 2.45) is 11.3 Å². The first-order chi connectivity index (χ1) is 12.4. The fourth-order valence-electron chi connectivity index (χ4n) is 3.52. The molecule has 1 aromatic heterocycles. The summed E-state index contributed by atoms with van der Waals surface area (Å²) in [6.07, 6.45) is 4.15. The molecule has 3 rings (SSSR count). The van der Waals surface area contributed by atoms with Gasteiger partial charge in [0, 0.05) is 15.5 Å². The number of carbonyl (C=O) groups is 1. The molecule has 5 heteroatoms. The van der Waals surface area contributed by atoms with E-state index in [1.807, 2.05) is 0 Å². The highest BCUT2D eigenvalue weighted by molar-refractivity contribution is 7.16. The summed E-state index contributed by atoms with van der Waals surface area (Å²) < 4.78 is 0. The van der Waals surface area contributed by atoms with Gasteiger partial charge in [0.05, 0.1) is 5.56 Å². The van der Waals surface area contributed by atoms with Crippen molar-refractivity contribution >= 4 is 33.8 Å². The topological polar surface area (TPSA) is 52.9 Å². The van der Waals surface area contributed by atoms with Gasteiger partial charge in [-0.15, -0.1) is 11.3 Å². The van der Waals surface area contributed by atoms with Crippen LogP contribution in [-0.4, -0.2) is 5.91 Å². The number of nitrogens with one attached hydrogen (secondary N) is 1. The highest BCUT2D eigenvalue weighted by atomic mass is 35.5. The molecule has 1 aliphatic carbocycles. The average molecular weight is 387 g/mol. The van der Waals surface area contributed by atoms with E-state index in [9.17, 15) is 10.1 Å². The van der Waals surface area contributed by atoms with Gasteiger partial charge in [0.1, 0.15) is 11.1 Å². The largest absolute Gasteiger partial charge is 0.312 e. The second-order valence-corrected chi connectivity index (χ2v) is 9.10. The number of amides is 1. The summed E-state index contributed by atoms with van der Waals surface area (Å²) in [5, 5.41) is 13.8. The third kappa shape index (κ3) is 3.65. The molecule has 0 saturated carbocycles. The van der Waals surface area contributed by atoms with E-state index in [0.717, 1.165) is 31.2 Å². The molecule has 1 aromatic carbocycles. The standard InChI is InChI=1S/C21H23ClN2OS/c1-4-21(2,3)14-7-10-16-17(12-23)20(26-18(16)11-14)24-19(25)13-5-8-15(22)9-6-13/h5-6,8-9,14H,4,7,10-11H2,1-3H3,(H,24,25)/t14-/m0/s1. The molecular weight excluding hydrogens is 364 g/mol. The predicted octanol–water partition coefficient (Wildman–Crippen LogP) is 6.07. The van der Waals surface area contributed by atoms with Gasteiger partial charge in [-0.2, -0.15) is 5.26 Å². The minimum Gasteiger partial charge on any atom is -0.312 e. The molecular formula is C21H23ClN2OS. The van der Waals surface area contributed by atoms with Crippen LogP contribution in [-0.2, 0) is 12.8 Å². The lowest BCUT2D eigenvalue weighted by Gasteiger charge is -2.36. The number of thiophene rings is 1. The lowest BCUT2D eigenvalue weighted by Crippen LogP contribution is -2.28. The number of anilines is 1. The van der Waals surface area contributed by atoms with Gasteiger partial charge in [0.2, 0.25) is 0 Å². The SMILES string of the molecule is CCC(C)(C)[C@H]1CCc2c(sc(NC(=O)c3ccc(Cl)cc3)c2C#N)C1. The van der Waals surface area contributed by atoms with Gasteiger partial charge in [-0.05, 0) is 60.4 Å². The molecule has 0 aliphatic heterocycles. The van der Waals surface area contributed by atoms with E-state index < -0.39 is 0 Å². The maximum atomic E-state index is 12.5. The van der Waals surface area contributed by atoms with Crippen LogP contribution in [0.4, 0.5) is 5.00 Å². The number of nitrogens with zero attached hydrogens (tertiary/aromatic N) is 1. The van der Waals surface area contributed by atoms with Crippen LogP contribution in [0.25, 0.3) is 0 Å². The first kappa shape index (κ1) is 18.9. The highest BCUT2D eigenvalue weighted by Gasteiger charge is 2.34. The summed E-state index contributed by atoms with van der Waals surface area (Å²) in [5.74, 6) is 0.409. The Labute approximate surface area is 164 Å². The number of hydrogen-bond donors (Lipinski definition) is 1. The summed E-state index contributed by atoms with van der Waals surface area (Å²) >= 11 is 7.45. The zero-order valence-electron chi connectivity index (χ0n) is 15.4. The lowest BCUT2D eigenvalue weighted by molar-refractivity contribution is 0.102. The fourth-order valence-corrected chi connectivity index (χ4v) is 4.92. The summed E-state index contributed by atoms with van der Waals surface area (Å²) in [6.45, 7) is 6.89. The van der Waals surface area contributed by atoms with Gasteiger partial charge in [-0.1, -0.05) is 38.8 Å². The van der Waals surface area contributed by atoms with Gasteiger partial charge < -0.3 is 5.32 Å². The number of carbonyl (C=O) groups excluding carboxylic acids is 1. The number of rotatable bonds is 4. The number of benzene rings is 1. The van der Waals surface area contributed by atoms with Crippen molar-refractivity contribution in [1.29, 1.82) is 5.26 Å². The zero-order valence-corrected chi connectivity index (χ0v) is 16.9. The van der Waals surface area contributed by atoms with E-state index in [1.165, 1.54) is 4.88 Å². The van der Waals surface area contributed by atoms with Crippen molar-refractivity contribution < 1.29 is 4.79 Å². The van der Waals surface area contributed by atoms with Gasteiger partial charge in [-0.25, -0.2) is 0 Å². The van der Waals surface area contributed by atoms with Crippen LogP contribution in [0, 0.1) is 22.7 Å². The van der Waals surface area contributed by atoms with E-state index in [-0.39, 0.29) is 5.91 Å². The summed E-state index contributed by atoms with van der Waals surface area (Å²) in [6, 6.07) is 9.08. The van der Waals surface area contributed by atoms with Crippen molar-refractivity contribution in [2.75, 3.05) is 5.32 Å². The molecule has 3 nitrogen and oxygen atoms in total. The number of halogens is 1. The molecule has 26 heavy (non-hydrogen) atoms. The molecule has 0 unspecified atom stereocenters. The maximum Gasteiger partial charge on any atom is 0.256 e. The van der Waals surface area contributed by atoms with Crippen LogP contribution < -0.4 is 5.32 Å². The van der Waals surface area contributed by atoms with Crippen LogP contribution >= 0.6 is 22.9 Å². The Morgan fingerprint density at radius 1 is 1.38 bits per heavy atom. The van der Waals surface area contributed by atoms with Crippen LogP contribution in [0.3, 0.4) is 0 Å². The first-order valence-corrected chi connectivity index (χ1v) is 10.2. The number of hydrogen-bond acceptors (Lipinski definition) is 3. The normalized spacial score (nSPS) is 16.7. The predicted molar refractivity (Wildman–Crippen MR) is 108 cm³/mol. The van der Waals surface area contributed by atoms with Gasteiger partial charge in [0.15, 0.2) is 0 Å². The Kier molecular flexibility index (Phi) is 5.41. The Bertz CT molecular complexity index is 861.